The number of carbonyl (C=O) groups is 1. The quantitative estimate of drug-likeness (QED) is 0.820. The van der Waals surface area contributed by atoms with Crippen molar-refractivity contribution >= 4 is 23.3 Å². The normalized spacial score (nSPS) is 23.3. The first-order valence-electron chi connectivity index (χ1n) is 6.53. The molecule has 1 fully saturated rings. The number of rotatable bonds is 1. The third-order valence-corrected chi connectivity index (χ3v) is 3.89. The number of amides is 2. The second-order valence-corrected chi connectivity index (χ2v) is 5.50. The van der Waals surface area contributed by atoms with E-state index in [0.717, 1.165) is 19.3 Å². The van der Waals surface area contributed by atoms with Crippen LogP contribution in [0.15, 0.2) is 18.2 Å². The van der Waals surface area contributed by atoms with Crippen LogP contribution in [-0.4, -0.2) is 23.0 Å². The Morgan fingerprint density at radius 3 is 2.58 bits per heavy atom. The molecule has 1 aromatic carbocycles. The van der Waals surface area contributed by atoms with E-state index >= 15 is 0 Å². The number of halogens is 2. The highest BCUT2D eigenvalue weighted by atomic mass is 35.5. The van der Waals surface area contributed by atoms with Crippen molar-refractivity contribution in [2.24, 2.45) is 0 Å². The van der Waals surface area contributed by atoms with Gasteiger partial charge in [0.05, 0.1) is 5.02 Å². The second-order valence-electron chi connectivity index (χ2n) is 5.10. The van der Waals surface area contributed by atoms with E-state index < -0.39 is 5.82 Å². The maximum absolute atomic E-state index is 13.1. The second kappa shape index (κ2) is 5.78. The number of benzene rings is 1. The van der Waals surface area contributed by atoms with Crippen LogP contribution in [0.25, 0.3) is 0 Å². The van der Waals surface area contributed by atoms with Gasteiger partial charge in [0.2, 0.25) is 0 Å². The molecule has 1 heterocycles. The Labute approximate surface area is 117 Å². The lowest BCUT2D eigenvalue weighted by Gasteiger charge is -2.38. The minimum absolute atomic E-state index is 0.0116. The van der Waals surface area contributed by atoms with Crippen molar-refractivity contribution in [2.75, 3.05) is 5.32 Å². The SMILES string of the molecule is C[C@@H]1CCC[C@H](C)N1C(=O)Nc1ccc(F)c(Cl)c1. The predicted molar refractivity (Wildman–Crippen MR) is 75.0 cm³/mol. The molecule has 1 aliphatic heterocycles. The van der Waals surface area contributed by atoms with Gasteiger partial charge in [-0.1, -0.05) is 11.6 Å². The number of urea groups is 1. The van der Waals surface area contributed by atoms with Gasteiger partial charge in [-0.2, -0.15) is 0 Å². The fraction of sp³-hybridized carbons (Fsp3) is 0.500. The zero-order valence-electron chi connectivity index (χ0n) is 11.1. The monoisotopic (exact) mass is 284 g/mol. The molecule has 0 aromatic heterocycles. The van der Waals surface area contributed by atoms with Crippen molar-refractivity contribution in [3.63, 3.8) is 0 Å². The molecule has 104 valence electrons. The molecule has 2 rings (SSSR count). The summed E-state index contributed by atoms with van der Waals surface area (Å²) < 4.78 is 13.1. The Balaban J connectivity index is 2.09. The molecular formula is C14H18ClFN2O. The summed E-state index contributed by atoms with van der Waals surface area (Å²) in [5, 5.41) is 2.79. The summed E-state index contributed by atoms with van der Waals surface area (Å²) in [6.45, 7) is 4.10. The summed E-state index contributed by atoms with van der Waals surface area (Å²) in [5.74, 6) is -0.487. The summed E-state index contributed by atoms with van der Waals surface area (Å²) in [6, 6.07) is 4.48. The Morgan fingerprint density at radius 2 is 2.00 bits per heavy atom. The van der Waals surface area contributed by atoms with Gasteiger partial charge < -0.3 is 10.2 Å². The first-order valence-corrected chi connectivity index (χ1v) is 6.91. The Bertz CT molecular complexity index is 471. The Hall–Kier alpha value is -1.29. The van der Waals surface area contributed by atoms with Crippen molar-refractivity contribution < 1.29 is 9.18 Å². The van der Waals surface area contributed by atoms with Crippen LogP contribution >= 0.6 is 11.6 Å². The number of hydrogen-bond donors (Lipinski definition) is 1. The molecule has 2 atom stereocenters. The van der Waals surface area contributed by atoms with Crippen molar-refractivity contribution in [1.82, 2.24) is 4.90 Å². The minimum atomic E-state index is -0.487. The van der Waals surface area contributed by atoms with Crippen molar-refractivity contribution in [2.45, 2.75) is 45.2 Å². The topological polar surface area (TPSA) is 32.3 Å². The number of piperidine rings is 1. The number of nitrogens with zero attached hydrogens (tertiary/aromatic N) is 1. The minimum Gasteiger partial charge on any atom is -0.319 e. The Kier molecular flexibility index (Phi) is 4.30. The van der Waals surface area contributed by atoms with E-state index in [1.807, 2.05) is 18.7 Å². The average molecular weight is 285 g/mol. The highest BCUT2D eigenvalue weighted by Gasteiger charge is 2.28. The smallest absolute Gasteiger partial charge is 0.319 e. The molecule has 3 nitrogen and oxygen atoms in total. The van der Waals surface area contributed by atoms with Gasteiger partial charge >= 0.3 is 6.03 Å². The molecular weight excluding hydrogens is 267 g/mol. The molecule has 1 saturated heterocycles. The number of nitrogens with one attached hydrogen (secondary N) is 1. The molecule has 1 N–H and O–H groups in total. The fourth-order valence-corrected chi connectivity index (χ4v) is 2.76. The predicted octanol–water partition coefficient (Wildman–Crippen LogP) is 4.27. The molecule has 0 saturated carbocycles. The molecule has 2 amide bonds. The van der Waals surface area contributed by atoms with E-state index in [2.05, 4.69) is 5.32 Å². The third-order valence-electron chi connectivity index (χ3n) is 3.60. The van der Waals surface area contributed by atoms with Gasteiger partial charge in [0.15, 0.2) is 0 Å². The van der Waals surface area contributed by atoms with E-state index in [0.29, 0.717) is 5.69 Å². The molecule has 0 aliphatic carbocycles. The van der Waals surface area contributed by atoms with Crippen LogP contribution in [-0.2, 0) is 0 Å². The number of hydrogen-bond acceptors (Lipinski definition) is 1. The van der Waals surface area contributed by atoms with Gasteiger partial charge in [-0.25, -0.2) is 9.18 Å². The third kappa shape index (κ3) is 3.18. The van der Waals surface area contributed by atoms with E-state index in [9.17, 15) is 9.18 Å². The van der Waals surface area contributed by atoms with Crippen LogP contribution < -0.4 is 5.32 Å². The first-order chi connectivity index (χ1) is 8.99. The van der Waals surface area contributed by atoms with E-state index in [4.69, 9.17) is 11.6 Å². The van der Waals surface area contributed by atoms with Gasteiger partial charge in [0.25, 0.3) is 0 Å². The number of anilines is 1. The largest absolute Gasteiger partial charge is 0.322 e. The summed E-state index contributed by atoms with van der Waals surface area (Å²) in [7, 11) is 0. The molecule has 0 spiro atoms. The molecule has 19 heavy (non-hydrogen) atoms. The lowest BCUT2D eigenvalue weighted by Crippen LogP contribution is -2.49. The maximum Gasteiger partial charge on any atom is 0.322 e. The fourth-order valence-electron chi connectivity index (χ4n) is 2.58. The molecule has 0 bridgehead atoms. The zero-order chi connectivity index (χ0) is 14.0. The summed E-state index contributed by atoms with van der Waals surface area (Å²) in [4.78, 5) is 14.1. The van der Waals surface area contributed by atoms with Crippen LogP contribution in [0.3, 0.4) is 0 Å². The van der Waals surface area contributed by atoms with Crippen molar-refractivity contribution in [1.29, 1.82) is 0 Å². The number of carbonyl (C=O) groups excluding carboxylic acids is 1. The molecule has 1 aliphatic rings. The van der Waals surface area contributed by atoms with E-state index in [1.165, 1.54) is 18.2 Å². The standard InChI is InChI=1S/C14H18ClFN2O/c1-9-4-3-5-10(2)18(9)14(19)17-11-6-7-13(16)12(15)8-11/h6-10H,3-5H2,1-2H3,(H,17,19)/t9-,10+. The summed E-state index contributed by atoms with van der Waals surface area (Å²) in [5.41, 5.74) is 0.515. The van der Waals surface area contributed by atoms with Crippen molar-refractivity contribution in [3.8, 4) is 0 Å². The number of likely N-dealkylation sites (tertiary alicyclic amines) is 1. The van der Waals surface area contributed by atoms with Gasteiger partial charge in [0.1, 0.15) is 5.82 Å². The lowest BCUT2D eigenvalue weighted by atomic mass is 9.98. The first kappa shape index (κ1) is 14.1. The molecule has 0 unspecified atom stereocenters. The average Bonchev–Trinajstić information content (AvgIpc) is 2.33. The molecule has 5 heteroatoms. The maximum atomic E-state index is 13.1. The zero-order valence-corrected chi connectivity index (χ0v) is 11.9. The van der Waals surface area contributed by atoms with E-state index in [1.54, 1.807) is 0 Å². The summed E-state index contributed by atoms with van der Waals surface area (Å²) >= 11 is 5.70. The summed E-state index contributed by atoms with van der Waals surface area (Å²) in [6.07, 6.45) is 3.18. The van der Waals surface area contributed by atoms with Crippen LogP contribution in [0.1, 0.15) is 33.1 Å². The van der Waals surface area contributed by atoms with Crippen LogP contribution in [0.5, 0.6) is 0 Å². The van der Waals surface area contributed by atoms with Gasteiger partial charge in [-0.3, -0.25) is 0 Å². The van der Waals surface area contributed by atoms with Crippen LogP contribution in [0.4, 0.5) is 14.9 Å². The van der Waals surface area contributed by atoms with Crippen LogP contribution in [0.2, 0.25) is 5.02 Å². The molecule has 0 radical (unpaired) electrons. The lowest BCUT2D eigenvalue weighted by molar-refractivity contribution is 0.133. The molecule has 1 aromatic rings. The van der Waals surface area contributed by atoms with Gasteiger partial charge in [0, 0.05) is 17.8 Å². The van der Waals surface area contributed by atoms with Crippen LogP contribution in [0, 0.1) is 5.82 Å². The Morgan fingerprint density at radius 1 is 1.37 bits per heavy atom. The van der Waals surface area contributed by atoms with Gasteiger partial charge in [-0.15, -0.1) is 0 Å². The van der Waals surface area contributed by atoms with Gasteiger partial charge in [-0.05, 0) is 51.3 Å². The van der Waals surface area contributed by atoms with Crippen molar-refractivity contribution in [3.05, 3.63) is 29.0 Å². The highest BCUT2D eigenvalue weighted by Crippen LogP contribution is 2.24. The highest BCUT2D eigenvalue weighted by molar-refractivity contribution is 6.31. The van der Waals surface area contributed by atoms with E-state index in [-0.39, 0.29) is 23.1 Å².